The molecule has 104 valence electrons. The van der Waals surface area contributed by atoms with Crippen molar-refractivity contribution in [1.82, 2.24) is 19.5 Å². The fourth-order valence-electron chi connectivity index (χ4n) is 1.74. The molecule has 7 heteroatoms. The molecule has 0 amide bonds. The highest BCUT2D eigenvalue weighted by atomic mass is 32.2. The molecule has 1 atom stereocenters. The predicted octanol–water partition coefficient (Wildman–Crippen LogP) is 1.16. The number of imidazole rings is 1. The number of anilines is 1. The number of nitrogens with two attached hydrogens (primary N) is 1. The minimum atomic E-state index is 0.259. The SMILES string of the molecule is CC(CO)CSCCCn1cnc2c(N)ncnc21. The number of thioether (sulfide) groups is 1. The predicted molar refractivity (Wildman–Crippen MR) is 77.9 cm³/mol. The summed E-state index contributed by atoms with van der Waals surface area (Å²) in [7, 11) is 0. The Hall–Kier alpha value is -1.34. The molecule has 0 aliphatic heterocycles. The summed E-state index contributed by atoms with van der Waals surface area (Å²) in [5, 5.41) is 8.93. The maximum absolute atomic E-state index is 8.93. The van der Waals surface area contributed by atoms with Gasteiger partial charge in [0.15, 0.2) is 11.5 Å². The number of aromatic nitrogens is 4. The molecule has 0 radical (unpaired) electrons. The Bertz CT molecular complexity index is 530. The van der Waals surface area contributed by atoms with E-state index >= 15 is 0 Å². The van der Waals surface area contributed by atoms with Gasteiger partial charge in [-0.05, 0) is 23.8 Å². The van der Waals surface area contributed by atoms with Crippen LogP contribution in [0.4, 0.5) is 5.82 Å². The number of nitrogens with zero attached hydrogens (tertiary/aromatic N) is 4. The number of aliphatic hydroxyl groups excluding tert-OH is 1. The Balaban J connectivity index is 1.84. The lowest BCUT2D eigenvalue weighted by molar-refractivity contribution is 0.250. The Labute approximate surface area is 116 Å². The van der Waals surface area contributed by atoms with E-state index in [1.165, 1.54) is 6.33 Å². The molecule has 2 rings (SSSR count). The van der Waals surface area contributed by atoms with Gasteiger partial charge in [-0.3, -0.25) is 0 Å². The number of nitrogen functional groups attached to an aromatic ring is 1. The van der Waals surface area contributed by atoms with Gasteiger partial charge in [-0.1, -0.05) is 6.92 Å². The van der Waals surface area contributed by atoms with Gasteiger partial charge in [0.2, 0.25) is 0 Å². The van der Waals surface area contributed by atoms with Crippen LogP contribution in [0.5, 0.6) is 0 Å². The van der Waals surface area contributed by atoms with Crippen molar-refractivity contribution >= 4 is 28.7 Å². The van der Waals surface area contributed by atoms with Gasteiger partial charge < -0.3 is 15.4 Å². The lowest BCUT2D eigenvalue weighted by Crippen LogP contribution is -2.05. The zero-order valence-corrected chi connectivity index (χ0v) is 11.8. The van der Waals surface area contributed by atoms with Gasteiger partial charge in [-0.25, -0.2) is 15.0 Å². The summed E-state index contributed by atoms with van der Waals surface area (Å²) in [4.78, 5) is 12.4. The molecule has 0 aliphatic rings. The van der Waals surface area contributed by atoms with Gasteiger partial charge in [-0.15, -0.1) is 0 Å². The standard InChI is InChI=1S/C12H19N5OS/c1-9(5-18)6-19-4-2-3-17-8-16-10-11(13)14-7-15-12(10)17/h7-9,18H,2-6H2,1H3,(H2,13,14,15). The van der Waals surface area contributed by atoms with Crippen molar-refractivity contribution in [3.05, 3.63) is 12.7 Å². The van der Waals surface area contributed by atoms with Gasteiger partial charge >= 0.3 is 0 Å². The van der Waals surface area contributed by atoms with Crippen molar-refractivity contribution in [1.29, 1.82) is 0 Å². The van der Waals surface area contributed by atoms with E-state index < -0.39 is 0 Å². The molecular formula is C12H19N5OS. The fourth-order valence-corrected chi connectivity index (χ4v) is 2.74. The molecule has 0 aromatic carbocycles. The second-order valence-corrected chi connectivity index (χ2v) is 5.74. The van der Waals surface area contributed by atoms with Crippen LogP contribution in [0.2, 0.25) is 0 Å². The fraction of sp³-hybridized carbons (Fsp3) is 0.583. The van der Waals surface area contributed by atoms with E-state index in [1.54, 1.807) is 6.33 Å². The summed E-state index contributed by atoms with van der Waals surface area (Å²) in [5.74, 6) is 2.85. The van der Waals surface area contributed by atoms with Crippen LogP contribution < -0.4 is 5.73 Å². The molecule has 0 spiro atoms. The molecule has 1 unspecified atom stereocenters. The summed E-state index contributed by atoms with van der Waals surface area (Å²) in [5.41, 5.74) is 7.20. The van der Waals surface area contributed by atoms with Gasteiger partial charge in [0.25, 0.3) is 0 Å². The highest BCUT2D eigenvalue weighted by Crippen LogP contribution is 2.15. The third kappa shape index (κ3) is 3.57. The van der Waals surface area contributed by atoms with Crippen LogP contribution >= 0.6 is 11.8 Å². The van der Waals surface area contributed by atoms with Crippen LogP contribution in [0.3, 0.4) is 0 Å². The number of rotatable bonds is 7. The summed E-state index contributed by atoms with van der Waals surface area (Å²) in [6.07, 6.45) is 4.27. The lowest BCUT2D eigenvalue weighted by atomic mass is 10.2. The van der Waals surface area contributed by atoms with Gasteiger partial charge in [-0.2, -0.15) is 11.8 Å². The van der Waals surface area contributed by atoms with E-state index in [1.807, 2.05) is 16.3 Å². The molecule has 6 nitrogen and oxygen atoms in total. The van der Waals surface area contributed by atoms with Crippen molar-refractivity contribution in [3.8, 4) is 0 Å². The molecule has 0 saturated heterocycles. The molecule has 0 fully saturated rings. The van der Waals surface area contributed by atoms with Crippen molar-refractivity contribution in [2.24, 2.45) is 5.92 Å². The van der Waals surface area contributed by atoms with Crippen LogP contribution in [0, 0.1) is 5.92 Å². The largest absolute Gasteiger partial charge is 0.396 e. The van der Waals surface area contributed by atoms with E-state index in [4.69, 9.17) is 10.8 Å². The number of fused-ring (bicyclic) bond motifs is 1. The number of hydrogen-bond donors (Lipinski definition) is 2. The van der Waals surface area contributed by atoms with Gasteiger partial charge in [0.1, 0.15) is 11.8 Å². The molecule has 3 N–H and O–H groups in total. The van der Waals surface area contributed by atoms with Gasteiger partial charge in [0.05, 0.1) is 6.33 Å². The molecule has 2 aromatic rings. The van der Waals surface area contributed by atoms with Gasteiger partial charge in [0, 0.05) is 13.2 Å². The number of aliphatic hydroxyl groups is 1. The van der Waals surface area contributed by atoms with Crippen LogP contribution in [0.1, 0.15) is 13.3 Å². The third-order valence-electron chi connectivity index (χ3n) is 2.83. The normalized spacial score (nSPS) is 12.9. The minimum absolute atomic E-state index is 0.259. The first kappa shape index (κ1) is 14.1. The number of hydrogen-bond acceptors (Lipinski definition) is 6. The van der Waals surface area contributed by atoms with E-state index in [0.717, 1.165) is 30.1 Å². The topological polar surface area (TPSA) is 89.8 Å². The smallest absolute Gasteiger partial charge is 0.165 e. The average Bonchev–Trinajstić information content (AvgIpc) is 2.83. The first-order chi connectivity index (χ1) is 9.22. The van der Waals surface area contributed by atoms with E-state index in [-0.39, 0.29) is 6.61 Å². The quantitative estimate of drug-likeness (QED) is 0.740. The Morgan fingerprint density at radius 2 is 2.26 bits per heavy atom. The molecule has 0 saturated carbocycles. The molecule has 0 bridgehead atoms. The van der Waals surface area contributed by atoms with Crippen LogP contribution in [-0.4, -0.2) is 42.7 Å². The van der Waals surface area contributed by atoms with Crippen LogP contribution in [0.15, 0.2) is 12.7 Å². The summed E-state index contributed by atoms with van der Waals surface area (Å²) >= 11 is 1.87. The highest BCUT2D eigenvalue weighted by molar-refractivity contribution is 7.99. The van der Waals surface area contributed by atoms with Crippen molar-refractivity contribution in [2.75, 3.05) is 23.8 Å². The lowest BCUT2D eigenvalue weighted by Gasteiger charge is -2.07. The second-order valence-electron chi connectivity index (χ2n) is 4.59. The van der Waals surface area contributed by atoms with Crippen LogP contribution in [0.25, 0.3) is 11.2 Å². The summed E-state index contributed by atoms with van der Waals surface area (Å²) in [6.45, 7) is 3.18. The minimum Gasteiger partial charge on any atom is -0.396 e. The highest BCUT2D eigenvalue weighted by Gasteiger charge is 2.07. The molecule has 0 aliphatic carbocycles. The summed E-state index contributed by atoms with van der Waals surface area (Å²) < 4.78 is 2.00. The molecule has 19 heavy (non-hydrogen) atoms. The van der Waals surface area contributed by atoms with Crippen LogP contribution in [-0.2, 0) is 6.54 Å². The first-order valence-corrected chi connectivity index (χ1v) is 7.47. The summed E-state index contributed by atoms with van der Waals surface area (Å²) in [6, 6.07) is 0. The third-order valence-corrected chi connectivity index (χ3v) is 4.21. The maximum atomic E-state index is 8.93. The first-order valence-electron chi connectivity index (χ1n) is 6.32. The van der Waals surface area contributed by atoms with E-state index in [9.17, 15) is 0 Å². The zero-order valence-electron chi connectivity index (χ0n) is 11.0. The Kier molecular flexibility index (Phi) is 4.98. The second kappa shape index (κ2) is 6.72. The molecular weight excluding hydrogens is 262 g/mol. The van der Waals surface area contributed by atoms with E-state index in [2.05, 4.69) is 21.9 Å². The number of aryl methyl sites for hydroxylation is 1. The Morgan fingerprint density at radius 3 is 3.05 bits per heavy atom. The maximum Gasteiger partial charge on any atom is 0.165 e. The molecule has 2 heterocycles. The monoisotopic (exact) mass is 281 g/mol. The average molecular weight is 281 g/mol. The molecule has 2 aromatic heterocycles. The Morgan fingerprint density at radius 1 is 1.42 bits per heavy atom. The van der Waals surface area contributed by atoms with Crippen molar-refractivity contribution in [3.63, 3.8) is 0 Å². The van der Waals surface area contributed by atoms with Crippen molar-refractivity contribution < 1.29 is 5.11 Å². The zero-order chi connectivity index (χ0) is 13.7. The van der Waals surface area contributed by atoms with E-state index in [0.29, 0.717) is 17.3 Å². The van der Waals surface area contributed by atoms with Crippen molar-refractivity contribution in [2.45, 2.75) is 19.9 Å².